The van der Waals surface area contributed by atoms with Crippen molar-refractivity contribution in [3.63, 3.8) is 0 Å². The topological polar surface area (TPSA) is 73.1 Å². The van der Waals surface area contributed by atoms with Gasteiger partial charge in [-0.15, -0.1) is 10.2 Å². The van der Waals surface area contributed by atoms with Gasteiger partial charge in [-0.3, -0.25) is 0 Å². The van der Waals surface area contributed by atoms with Crippen molar-refractivity contribution in [1.29, 1.82) is 0 Å². The van der Waals surface area contributed by atoms with Crippen LogP contribution in [0.5, 0.6) is 0 Å². The SMILES string of the molecule is CC1CCC(C(O)Cc2nnn(C)n2)O1. The zero-order valence-corrected chi connectivity index (χ0v) is 9.00. The summed E-state index contributed by atoms with van der Waals surface area (Å²) in [6, 6.07) is 0. The fourth-order valence-corrected chi connectivity index (χ4v) is 1.84. The van der Waals surface area contributed by atoms with Crippen LogP contribution in [0.1, 0.15) is 25.6 Å². The Bertz CT molecular complexity index is 328. The Morgan fingerprint density at radius 2 is 2.40 bits per heavy atom. The van der Waals surface area contributed by atoms with Crippen LogP contribution in [0.3, 0.4) is 0 Å². The van der Waals surface area contributed by atoms with E-state index in [1.807, 2.05) is 6.92 Å². The van der Waals surface area contributed by atoms with Crippen LogP contribution in [0, 0.1) is 0 Å². The molecule has 1 aromatic heterocycles. The van der Waals surface area contributed by atoms with Crippen molar-refractivity contribution in [2.45, 2.75) is 44.5 Å². The first-order chi connectivity index (χ1) is 7.15. The first-order valence-electron chi connectivity index (χ1n) is 5.21. The summed E-state index contributed by atoms with van der Waals surface area (Å²) in [7, 11) is 1.71. The van der Waals surface area contributed by atoms with Crippen LogP contribution in [0.4, 0.5) is 0 Å². The Labute approximate surface area is 88.2 Å². The standard InChI is InChI=1S/C9H16N4O2/c1-6-3-4-8(15-6)7(14)5-9-10-12-13(2)11-9/h6-8,14H,3-5H2,1-2H3. The second-order valence-corrected chi connectivity index (χ2v) is 4.03. The number of aliphatic hydroxyl groups is 1. The summed E-state index contributed by atoms with van der Waals surface area (Å²) in [5.74, 6) is 0.563. The monoisotopic (exact) mass is 212 g/mol. The van der Waals surface area contributed by atoms with Crippen molar-refractivity contribution in [3.8, 4) is 0 Å². The molecule has 1 aromatic rings. The number of hydrogen-bond acceptors (Lipinski definition) is 5. The molecule has 3 atom stereocenters. The van der Waals surface area contributed by atoms with Crippen LogP contribution in [-0.2, 0) is 18.2 Å². The van der Waals surface area contributed by atoms with E-state index < -0.39 is 6.10 Å². The highest BCUT2D eigenvalue weighted by Crippen LogP contribution is 2.22. The smallest absolute Gasteiger partial charge is 0.177 e. The predicted octanol–water partition coefficient (Wildman–Crippen LogP) is -0.319. The van der Waals surface area contributed by atoms with Crippen LogP contribution in [-0.4, -0.2) is 43.6 Å². The molecule has 0 aliphatic carbocycles. The van der Waals surface area contributed by atoms with E-state index in [0.29, 0.717) is 12.2 Å². The minimum absolute atomic E-state index is 0.0798. The largest absolute Gasteiger partial charge is 0.390 e. The van der Waals surface area contributed by atoms with Crippen LogP contribution in [0.15, 0.2) is 0 Å². The molecule has 2 heterocycles. The predicted molar refractivity (Wildman–Crippen MR) is 52.1 cm³/mol. The maximum absolute atomic E-state index is 9.89. The van der Waals surface area contributed by atoms with Gasteiger partial charge in [-0.1, -0.05) is 0 Å². The minimum Gasteiger partial charge on any atom is -0.390 e. The second-order valence-electron chi connectivity index (χ2n) is 4.03. The lowest BCUT2D eigenvalue weighted by Crippen LogP contribution is -2.28. The third kappa shape index (κ3) is 2.51. The number of nitrogens with zero attached hydrogens (tertiary/aromatic N) is 4. The van der Waals surface area contributed by atoms with Gasteiger partial charge in [0.15, 0.2) is 5.82 Å². The molecule has 84 valence electrons. The molecule has 0 bridgehead atoms. The molecular weight excluding hydrogens is 196 g/mol. The van der Waals surface area contributed by atoms with E-state index in [9.17, 15) is 5.11 Å². The molecule has 1 aliphatic rings. The highest BCUT2D eigenvalue weighted by atomic mass is 16.5. The number of aryl methyl sites for hydroxylation is 1. The highest BCUT2D eigenvalue weighted by molar-refractivity contribution is 4.86. The Balaban J connectivity index is 1.89. The van der Waals surface area contributed by atoms with Crippen molar-refractivity contribution < 1.29 is 9.84 Å². The summed E-state index contributed by atoms with van der Waals surface area (Å²) in [4.78, 5) is 1.39. The molecule has 1 saturated heterocycles. The summed E-state index contributed by atoms with van der Waals surface area (Å²) in [6.45, 7) is 2.02. The quantitative estimate of drug-likeness (QED) is 0.743. The molecule has 3 unspecified atom stereocenters. The lowest BCUT2D eigenvalue weighted by atomic mass is 10.1. The average Bonchev–Trinajstić information content (AvgIpc) is 2.75. The molecule has 0 radical (unpaired) electrons. The molecule has 0 spiro atoms. The van der Waals surface area contributed by atoms with Gasteiger partial charge in [-0.05, 0) is 25.0 Å². The summed E-state index contributed by atoms with van der Waals surface area (Å²) < 4.78 is 5.57. The Kier molecular flexibility index (Phi) is 2.97. The summed E-state index contributed by atoms with van der Waals surface area (Å²) in [6.07, 6.45) is 1.96. The Hall–Kier alpha value is -1.01. The Morgan fingerprint density at radius 1 is 1.60 bits per heavy atom. The minimum atomic E-state index is -0.529. The molecule has 1 fully saturated rings. The van der Waals surface area contributed by atoms with E-state index in [2.05, 4.69) is 15.4 Å². The van der Waals surface area contributed by atoms with Crippen LogP contribution in [0.2, 0.25) is 0 Å². The van der Waals surface area contributed by atoms with Gasteiger partial charge >= 0.3 is 0 Å². The van der Waals surface area contributed by atoms with Crippen LogP contribution >= 0.6 is 0 Å². The van der Waals surface area contributed by atoms with Gasteiger partial charge in [0, 0.05) is 6.42 Å². The maximum atomic E-state index is 9.89. The Morgan fingerprint density at radius 3 is 2.93 bits per heavy atom. The fraction of sp³-hybridized carbons (Fsp3) is 0.889. The molecule has 15 heavy (non-hydrogen) atoms. The first-order valence-corrected chi connectivity index (χ1v) is 5.21. The number of rotatable bonds is 3. The van der Waals surface area contributed by atoms with Gasteiger partial charge in [-0.25, -0.2) is 0 Å². The molecule has 1 aliphatic heterocycles. The molecule has 0 aromatic carbocycles. The van der Waals surface area contributed by atoms with Crippen molar-refractivity contribution in [3.05, 3.63) is 5.82 Å². The lowest BCUT2D eigenvalue weighted by molar-refractivity contribution is -0.0285. The van der Waals surface area contributed by atoms with Gasteiger partial charge in [0.2, 0.25) is 0 Å². The molecule has 1 N–H and O–H groups in total. The normalized spacial score (nSPS) is 28.2. The molecular formula is C9H16N4O2. The number of aromatic nitrogens is 4. The molecule has 0 saturated carbocycles. The van der Waals surface area contributed by atoms with Gasteiger partial charge in [0.05, 0.1) is 25.4 Å². The molecule has 0 amide bonds. The summed E-state index contributed by atoms with van der Waals surface area (Å²) in [5.41, 5.74) is 0. The van der Waals surface area contributed by atoms with Crippen LogP contribution < -0.4 is 0 Å². The third-order valence-electron chi connectivity index (χ3n) is 2.64. The third-order valence-corrected chi connectivity index (χ3v) is 2.64. The lowest BCUT2D eigenvalue weighted by Gasteiger charge is -2.16. The average molecular weight is 212 g/mol. The zero-order chi connectivity index (χ0) is 10.8. The van der Waals surface area contributed by atoms with Crippen LogP contribution in [0.25, 0.3) is 0 Å². The first kappa shape index (κ1) is 10.5. The van der Waals surface area contributed by atoms with Gasteiger partial charge in [-0.2, -0.15) is 4.80 Å². The van der Waals surface area contributed by atoms with E-state index in [1.54, 1.807) is 7.05 Å². The van der Waals surface area contributed by atoms with Gasteiger partial charge in [0.25, 0.3) is 0 Å². The molecule has 6 heteroatoms. The number of ether oxygens (including phenoxy) is 1. The highest BCUT2D eigenvalue weighted by Gasteiger charge is 2.29. The van der Waals surface area contributed by atoms with Gasteiger partial charge in [0.1, 0.15) is 0 Å². The summed E-state index contributed by atoms with van der Waals surface area (Å²) >= 11 is 0. The van der Waals surface area contributed by atoms with E-state index in [4.69, 9.17) is 4.74 Å². The molecule has 2 rings (SSSR count). The van der Waals surface area contributed by atoms with E-state index in [1.165, 1.54) is 4.80 Å². The van der Waals surface area contributed by atoms with E-state index in [0.717, 1.165) is 12.8 Å². The molecule has 6 nitrogen and oxygen atoms in total. The van der Waals surface area contributed by atoms with E-state index >= 15 is 0 Å². The number of aliphatic hydroxyl groups excluding tert-OH is 1. The number of hydrogen-bond donors (Lipinski definition) is 1. The van der Waals surface area contributed by atoms with E-state index in [-0.39, 0.29) is 12.2 Å². The second kappa shape index (κ2) is 4.24. The van der Waals surface area contributed by atoms with Crippen molar-refractivity contribution in [2.75, 3.05) is 0 Å². The van der Waals surface area contributed by atoms with Crippen molar-refractivity contribution in [2.24, 2.45) is 7.05 Å². The number of tetrazole rings is 1. The van der Waals surface area contributed by atoms with Crippen molar-refractivity contribution in [1.82, 2.24) is 20.2 Å². The van der Waals surface area contributed by atoms with Crippen molar-refractivity contribution >= 4 is 0 Å². The maximum Gasteiger partial charge on any atom is 0.177 e. The zero-order valence-electron chi connectivity index (χ0n) is 9.00. The van der Waals surface area contributed by atoms with Gasteiger partial charge < -0.3 is 9.84 Å². The summed E-state index contributed by atoms with van der Waals surface area (Å²) in [5, 5.41) is 21.5. The fourth-order valence-electron chi connectivity index (χ4n) is 1.84.